The summed E-state index contributed by atoms with van der Waals surface area (Å²) >= 11 is 0. The Kier molecular flexibility index (Phi) is 8.58. The topological polar surface area (TPSA) is 46.1 Å². The lowest BCUT2D eigenvalue weighted by atomic mass is 9.78. The van der Waals surface area contributed by atoms with Crippen molar-refractivity contribution < 1.29 is 18.0 Å². The van der Waals surface area contributed by atoms with E-state index in [1.165, 1.54) is 24.8 Å². The van der Waals surface area contributed by atoms with E-state index in [0.29, 0.717) is 24.0 Å². The van der Waals surface area contributed by atoms with Gasteiger partial charge in [0.05, 0.1) is 0 Å². The molecule has 0 bridgehead atoms. The summed E-state index contributed by atoms with van der Waals surface area (Å²) in [7, 11) is 0. The monoisotopic (exact) mass is 487 g/mol. The average Bonchev–Trinajstić information content (AvgIpc) is 3.04. The van der Waals surface area contributed by atoms with Gasteiger partial charge in [0, 0.05) is 61.2 Å². The summed E-state index contributed by atoms with van der Waals surface area (Å²) in [6.45, 7) is 4.84. The molecule has 4 nitrogen and oxygen atoms in total. The Balaban J connectivity index is 1.19. The largest absolute Gasteiger partial charge is 0.389 e. The molecule has 0 aromatic carbocycles. The smallest absolute Gasteiger partial charge is 0.303 e. The molecule has 190 valence electrons. The maximum atomic E-state index is 12.7. The minimum atomic E-state index is -4.14. The molecule has 2 aromatic rings. The van der Waals surface area contributed by atoms with Crippen molar-refractivity contribution in [3.8, 4) is 0 Å². The molecule has 1 saturated carbocycles. The van der Waals surface area contributed by atoms with Crippen LogP contribution in [0, 0.1) is 18.8 Å². The number of aromatic nitrogens is 2. The van der Waals surface area contributed by atoms with Gasteiger partial charge in [0.2, 0.25) is 0 Å². The first-order chi connectivity index (χ1) is 16.8. The fraction of sp³-hybridized carbons (Fsp3) is 0.607. The third-order valence-electron chi connectivity index (χ3n) is 7.75. The second kappa shape index (κ2) is 11.6. The summed E-state index contributed by atoms with van der Waals surface area (Å²) in [5.41, 5.74) is 4.28. The fourth-order valence-corrected chi connectivity index (χ4v) is 5.55. The maximum Gasteiger partial charge on any atom is 0.389 e. The number of carbonyl (C=O) groups is 1. The van der Waals surface area contributed by atoms with Crippen molar-refractivity contribution in [2.45, 2.75) is 77.3 Å². The SMILES string of the molecule is Cc1ncccc1C(=O)CC1CCC(CCN2CCc3ccc(CCC(F)(F)F)nc3CC2)CC1. The molecule has 0 unspecified atom stereocenters. The zero-order chi connectivity index (χ0) is 24.8. The Hall–Kier alpha value is -2.28. The van der Waals surface area contributed by atoms with Crippen LogP contribution in [0.3, 0.4) is 0 Å². The highest BCUT2D eigenvalue weighted by Crippen LogP contribution is 2.34. The highest BCUT2D eigenvalue weighted by atomic mass is 19.4. The van der Waals surface area contributed by atoms with Gasteiger partial charge in [-0.3, -0.25) is 14.8 Å². The standard InChI is InChI=1S/C28H36F3N3O/c1-20-25(3-2-15-32-20)27(35)19-22-6-4-21(5-7-22)11-16-34-17-12-23-8-9-24(10-14-28(29,30)31)33-26(23)13-18-34/h2-3,8-9,15,21-22H,4-7,10-14,16-19H2,1H3. The Morgan fingerprint density at radius 1 is 1.06 bits per heavy atom. The maximum absolute atomic E-state index is 12.7. The summed E-state index contributed by atoms with van der Waals surface area (Å²) in [6, 6.07) is 7.46. The number of hydrogen-bond acceptors (Lipinski definition) is 4. The van der Waals surface area contributed by atoms with Crippen molar-refractivity contribution >= 4 is 5.78 Å². The van der Waals surface area contributed by atoms with Crippen LogP contribution in [0.25, 0.3) is 0 Å². The highest BCUT2D eigenvalue weighted by molar-refractivity contribution is 5.97. The molecule has 0 amide bonds. The summed E-state index contributed by atoms with van der Waals surface area (Å²) < 4.78 is 37.6. The lowest BCUT2D eigenvalue weighted by Gasteiger charge is -2.30. The number of carbonyl (C=O) groups excluding carboxylic acids is 1. The first-order valence-electron chi connectivity index (χ1n) is 13.0. The molecule has 35 heavy (non-hydrogen) atoms. The quantitative estimate of drug-likeness (QED) is 0.419. The molecule has 0 radical (unpaired) electrons. The van der Waals surface area contributed by atoms with E-state index in [2.05, 4.69) is 14.9 Å². The van der Waals surface area contributed by atoms with Crippen LogP contribution >= 0.6 is 0 Å². The van der Waals surface area contributed by atoms with E-state index in [-0.39, 0.29) is 12.2 Å². The predicted octanol–water partition coefficient (Wildman–Crippen LogP) is 6.15. The Morgan fingerprint density at radius 3 is 2.54 bits per heavy atom. The van der Waals surface area contributed by atoms with Gasteiger partial charge in [0.15, 0.2) is 5.78 Å². The number of aryl methyl sites for hydroxylation is 2. The second-order valence-electron chi connectivity index (χ2n) is 10.3. The molecule has 3 heterocycles. The zero-order valence-electron chi connectivity index (χ0n) is 20.6. The Labute approximate surface area is 206 Å². The predicted molar refractivity (Wildman–Crippen MR) is 130 cm³/mol. The van der Waals surface area contributed by atoms with Crippen LogP contribution in [0.5, 0.6) is 0 Å². The van der Waals surface area contributed by atoms with Gasteiger partial charge in [-0.05, 0) is 81.2 Å². The normalized spacial score (nSPS) is 21.4. The molecule has 0 spiro atoms. The van der Waals surface area contributed by atoms with Gasteiger partial charge in [-0.25, -0.2) is 0 Å². The molecule has 0 saturated heterocycles. The molecule has 0 atom stereocenters. The number of alkyl halides is 3. The molecule has 2 aromatic heterocycles. The van der Waals surface area contributed by atoms with Crippen molar-refractivity contribution in [3.63, 3.8) is 0 Å². The average molecular weight is 488 g/mol. The van der Waals surface area contributed by atoms with E-state index in [1.54, 1.807) is 12.3 Å². The number of nitrogens with zero attached hydrogens (tertiary/aromatic N) is 3. The fourth-order valence-electron chi connectivity index (χ4n) is 5.55. The summed E-state index contributed by atoms with van der Waals surface area (Å²) in [5.74, 6) is 1.40. The minimum absolute atomic E-state index is 0.0450. The minimum Gasteiger partial charge on any atom is -0.303 e. The van der Waals surface area contributed by atoms with E-state index in [4.69, 9.17) is 0 Å². The molecule has 2 aliphatic rings. The first-order valence-corrected chi connectivity index (χ1v) is 13.0. The molecule has 1 fully saturated rings. The molecule has 0 N–H and O–H groups in total. The van der Waals surface area contributed by atoms with Crippen LogP contribution in [-0.4, -0.2) is 46.5 Å². The van der Waals surface area contributed by atoms with E-state index < -0.39 is 12.6 Å². The number of hydrogen-bond donors (Lipinski definition) is 0. The van der Waals surface area contributed by atoms with E-state index in [9.17, 15) is 18.0 Å². The zero-order valence-corrected chi connectivity index (χ0v) is 20.6. The number of ketones is 1. The van der Waals surface area contributed by atoms with Gasteiger partial charge in [0.1, 0.15) is 0 Å². The number of halogens is 3. The Bertz CT molecular complexity index is 999. The van der Waals surface area contributed by atoms with Crippen LogP contribution in [0.2, 0.25) is 0 Å². The van der Waals surface area contributed by atoms with Crippen molar-refractivity contribution in [3.05, 3.63) is 58.7 Å². The van der Waals surface area contributed by atoms with Gasteiger partial charge in [-0.2, -0.15) is 13.2 Å². The van der Waals surface area contributed by atoms with E-state index >= 15 is 0 Å². The molecule has 7 heteroatoms. The molecular formula is C28H36F3N3O. The Morgan fingerprint density at radius 2 is 1.80 bits per heavy atom. The molecule has 1 aliphatic carbocycles. The van der Waals surface area contributed by atoms with Gasteiger partial charge in [-0.15, -0.1) is 0 Å². The van der Waals surface area contributed by atoms with Crippen LogP contribution in [0.4, 0.5) is 13.2 Å². The first kappa shape index (κ1) is 25.8. The number of fused-ring (bicyclic) bond motifs is 1. The lowest BCUT2D eigenvalue weighted by Crippen LogP contribution is -2.29. The number of pyridine rings is 2. The lowest BCUT2D eigenvalue weighted by molar-refractivity contribution is -0.134. The van der Waals surface area contributed by atoms with Crippen molar-refractivity contribution in [2.75, 3.05) is 19.6 Å². The van der Waals surface area contributed by atoms with Crippen molar-refractivity contribution in [1.29, 1.82) is 0 Å². The third kappa shape index (κ3) is 7.60. The van der Waals surface area contributed by atoms with Crippen LogP contribution in [0.15, 0.2) is 30.5 Å². The van der Waals surface area contributed by atoms with Gasteiger partial charge >= 0.3 is 6.18 Å². The van der Waals surface area contributed by atoms with Crippen LogP contribution in [0.1, 0.15) is 77.9 Å². The third-order valence-corrected chi connectivity index (χ3v) is 7.75. The summed E-state index contributed by atoms with van der Waals surface area (Å²) in [5, 5.41) is 0. The molecular weight excluding hydrogens is 451 g/mol. The van der Waals surface area contributed by atoms with E-state index in [0.717, 1.165) is 62.3 Å². The van der Waals surface area contributed by atoms with Crippen molar-refractivity contribution in [1.82, 2.24) is 14.9 Å². The van der Waals surface area contributed by atoms with Gasteiger partial charge in [-0.1, -0.05) is 18.9 Å². The number of rotatable bonds is 8. The van der Waals surface area contributed by atoms with Crippen LogP contribution < -0.4 is 0 Å². The van der Waals surface area contributed by atoms with Gasteiger partial charge < -0.3 is 4.90 Å². The second-order valence-corrected chi connectivity index (χ2v) is 10.3. The van der Waals surface area contributed by atoms with Crippen molar-refractivity contribution in [2.24, 2.45) is 11.8 Å². The van der Waals surface area contributed by atoms with E-state index in [1.807, 2.05) is 25.1 Å². The van der Waals surface area contributed by atoms with Gasteiger partial charge in [0.25, 0.3) is 0 Å². The number of Topliss-reactive ketones (excluding diaryl/α,β-unsaturated/α-hetero) is 1. The molecule has 4 rings (SSSR count). The summed E-state index contributed by atoms with van der Waals surface area (Å²) in [4.78, 5) is 24.0. The molecule has 1 aliphatic heterocycles. The summed E-state index contributed by atoms with van der Waals surface area (Å²) in [6.07, 6.45) is 4.83. The highest BCUT2D eigenvalue weighted by Gasteiger charge is 2.27. The van der Waals surface area contributed by atoms with Crippen LogP contribution in [-0.2, 0) is 19.3 Å².